The molecule has 0 aliphatic heterocycles. The fourth-order valence-electron chi connectivity index (χ4n) is 1.55. The third-order valence-electron chi connectivity index (χ3n) is 2.65. The number of hydrogen-bond acceptors (Lipinski definition) is 4. The third kappa shape index (κ3) is 3.25. The van der Waals surface area contributed by atoms with Crippen LogP contribution in [0.2, 0.25) is 0 Å². The molecule has 0 aromatic carbocycles. The molecule has 2 aromatic rings. The van der Waals surface area contributed by atoms with E-state index in [1.165, 1.54) is 22.0 Å². The second-order valence-electron chi connectivity index (χ2n) is 4.03. The fraction of sp³-hybridized carbons (Fsp3) is 0.364. The lowest BCUT2D eigenvalue weighted by molar-refractivity contribution is 0.467. The smallest absolute Gasteiger partial charge is 0.262 e. The number of hydrogen-bond donors (Lipinski definition) is 0. The Hall–Kier alpha value is -0.700. The maximum Gasteiger partial charge on any atom is 0.262 e. The minimum absolute atomic E-state index is 0.0903. The predicted octanol–water partition coefficient (Wildman–Crippen LogP) is 2.55. The van der Waals surface area contributed by atoms with E-state index >= 15 is 0 Å². The van der Waals surface area contributed by atoms with Crippen LogP contribution in [0, 0.1) is 0 Å². The lowest BCUT2D eigenvalue weighted by Crippen LogP contribution is -2.26. The van der Waals surface area contributed by atoms with Crippen LogP contribution in [0.1, 0.15) is 11.8 Å². The van der Waals surface area contributed by atoms with E-state index in [4.69, 9.17) is 0 Å². The number of nitrogens with zero attached hydrogens (tertiary/aromatic N) is 3. The minimum atomic E-state index is -3.52. The third-order valence-corrected chi connectivity index (χ3v) is 6.02. The van der Waals surface area contributed by atoms with Crippen molar-refractivity contribution in [3.8, 4) is 0 Å². The zero-order valence-electron chi connectivity index (χ0n) is 10.6. The largest absolute Gasteiger partial charge is 0.336 e. The fourth-order valence-corrected chi connectivity index (χ4v) is 4.21. The summed E-state index contributed by atoms with van der Waals surface area (Å²) >= 11 is 4.88. The first-order valence-corrected chi connectivity index (χ1v) is 8.75. The van der Waals surface area contributed by atoms with Crippen LogP contribution in [0.4, 0.5) is 0 Å². The second-order valence-corrected chi connectivity index (χ2v) is 7.94. The van der Waals surface area contributed by atoms with Crippen molar-refractivity contribution in [2.45, 2.75) is 25.0 Å². The molecule has 0 amide bonds. The molecule has 0 atom stereocenters. The number of aryl methyl sites for hydroxylation is 1. The molecule has 0 bridgehead atoms. The highest BCUT2D eigenvalue weighted by Gasteiger charge is 2.23. The van der Waals surface area contributed by atoms with E-state index < -0.39 is 10.0 Å². The summed E-state index contributed by atoms with van der Waals surface area (Å²) in [5, 5.41) is 2.02. The molecule has 0 unspecified atom stereocenters. The van der Waals surface area contributed by atoms with E-state index in [2.05, 4.69) is 20.9 Å². The molecule has 19 heavy (non-hydrogen) atoms. The van der Waals surface area contributed by atoms with Crippen molar-refractivity contribution in [2.24, 2.45) is 0 Å². The Morgan fingerprint density at radius 3 is 2.79 bits per heavy atom. The molecule has 0 N–H and O–H groups in total. The lowest BCUT2D eigenvalue weighted by atomic mass is 10.5. The van der Waals surface area contributed by atoms with Gasteiger partial charge in [-0.05, 0) is 28.9 Å². The Labute approximate surface area is 125 Å². The normalized spacial score (nSPS) is 12.2. The quantitative estimate of drug-likeness (QED) is 0.819. The second kappa shape index (κ2) is 5.74. The van der Waals surface area contributed by atoms with Gasteiger partial charge in [0.05, 0.1) is 6.33 Å². The molecular weight excluding hydrogens is 350 g/mol. The van der Waals surface area contributed by atoms with Gasteiger partial charge in [-0.15, -0.1) is 11.3 Å². The molecule has 0 radical (unpaired) electrons. The molecule has 0 fully saturated rings. The van der Waals surface area contributed by atoms with Crippen LogP contribution >= 0.6 is 27.3 Å². The van der Waals surface area contributed by atoms with Gasteiger partial charge in [0.25, 0.3) is 10.0 Å². The maximum atomic E-state index is 12.3. The first-order valence-electron chi connectivity index (χ1n) is 5.64. The van der Waals surface area contributed by atoms with E-state index in [9.17, 15) is 8.42 Å². The van der Waals surface area contributed by atoms with Crippen molar-refractivity contribution >= 4 is 37.3 Å². The summed E-state index contributed by atoms with van der Waals surface area (Å²) in [5.74, 6) is 0. The number of sulfonamides is 1. The highest BCUT2D eigenvalue weighted by molar-refractivity contribution is 9.10. The van der Waals surface area contributed by atoms with Crippen molar-refractivity contribution in [3.63, 3.8) is 0 Å². The van der Waals surface area contributed by atoms with Gasteiger partial charge in [0.2, 0.25) is 0 Å². The molecule has 0 aliphatic carbocycles. The Balaban J connectivity index is 2.19. The lowest BCUT2D eigenvalue weighted by Gasteiger charge is -2.14. The summed E-state index contributed by atoms with van der Waals surface area (Å²) in [7, 11) is -1.96. The summed E-state index contributed by atoms with van der Waals surface area (Å²) in [5.41, 5.74) is 0. The Kier molecular flexibility index (Phi) is 4.44. The van der Waals surface area contributed by atoms with E-state index in [0.717, 1.165) is 9.35 Å². The van der Waals surface area contributed by atoms with Crippen LogP contribution in [-0.4, -0.2) is 29.3 Å². The Morgan fingerprint density at radius 1 is 1.53 bits per heavy atom. The SMILES string of the molecule is CCn1cnc(S(=O)(=O)N(C)Cc2cc(Br)cs2)c1. The van der Waals surface area contributed by atoms with E-state index in [0.29, 0.717) is 13.1 Å². The average molecular weight is 364 g/mol. The minimum Gasteiger partial charge on any atom is -0.336 e. The van der Waals surface area contributed by atoms with Crippen molar-refractivity contribution in [2.75, 3.05) is 7.05 Å². The van der Waals surface area contributed by atoms with Gasteiger partial charge in [0, 0.05) is 41.1 Å². The Bertz CT molecular complexity index is 663. The van der Waals surface area contributed by atoms with E-state index in [-0.39, 0.29) is 5.03 Å². The maximum absolute atomic E-state index is 12.3. The first-order chi connectivity index (χ1) is 8.93. The predicted molar refractivity (Wildman–Crippen MR) is 78.6 cm³/mol. The summed E-state index contributed by atoms with van der Waals surface area (Å²) in [6.07, 6.45) is 3.08. The van der Waals surface area contributed by atoms with Gasteiger partial charge in [-0.1, -0.05) is 0 Å². The molecule has 0 spiro atoms. The number of imidazole rings is 1. The molecule has 0 saturated heterocycles. The van der Waals surface area contributed by atoms with Gasteiger partial charge in [-0.3, -0.25) is 0 Å². The highest BCUT2D eigenvalue weighted by atomic mass is 79.9. The van der Waals surface area contributed by atoms with Crippen molar-refractivity contribution < 1.29 is 8.42 Å². The van der Waals surface area contributed by atoms with Crippen LogP contribution in [0.15, 0.2) is 33.5 Å². The highest BCUT2D eigenvalue weighted by Crippen LogP contribution is 2.23. The standard InChI is InChI=1S/C11H14BrN3O2S2/c1-3-15-6-11(13-8-15)19(16,17)14(2)5-10-4-9(12)7-18-10/h4,6-8H,3,5H2,1-2H3. The molecule has 0 saturated carbocycles. The van der Waals surface area contributed by atoms with Crippen molar-refractivity contribution in [1.82, 2.24) is 13.9 Å². The molecule has 2 heterocycles. The monoisotopic (exact) mass is 363 g/mol. The van der Waals surface area contributed by atoms with Crippen LogP contribution in [0.5, 0.6) is 0 Å². The number of rotatable bonds is 5. The van der Waals surface area contributed by atoms with Crippen LogP contribution < -0.4 is 0 Å². The molecule has 0 aliphatic rings. The number of thiophene rings is 1. The zero-order valence-corrected chi connectivity index (χ0v) is 13.8. The summed E-state index contributed by atoms with van der Waals surface area (Å²) in [6.45, 7) is 2.98. The first kappa shape index (κ1) is 14.7. The van der Waals surface area contributed by atoms with Crippen LogP contribution in [0.25, 0.3) is 0 Å². The van der Waals surface area contributed by atoms with Crippen LogP contribution in [0.3, 0.4) is 0 Å². The van der Waals surface area contributed by atoms with Gasteiger partial charge in [0.15, 0.2) is 5.03 Å². The van der Waals surface area contributed by atoms with Crippen molar-refractivity contribution in [3.05, 3.63) is 33.3 Å². The van der Waals surface area contributed by atoms with Gasteiger partial charge >= 0.3 is 0 Å². The molecule has 104 valence electrons. The number of aromatic nitrogens is 2. The number of halogens is 1. The van der Waals surface area contributed by atoms with E-state index in [1.807, 2.05) is 18.4 Å². The summed E-state index contributed by atoms with van der Waals surface area (Å²) in [6, 6.07) is 1.92. The summed E-state index contributed by atoms with van der Waals surface area (Å²) in [4.78, 5) is 4.93. The zero-order chi connectivity index (χ0) is 14.0. The van der Waals surface area contributed by atoms with Gasteiger partial charge in [-0.2, -0.15) is 4.31 Å². The molecule has 2 aromatic heterocycles. The molecule has 2 rings (SSSR count). The van der Waals surface area contributed by atoms with Gasteiger partial charge in [-0.25, -0.2) is 13.4 Å². The Morgan fingerprint density at radius 2 is 2.26 bits per heavy atom. The average Bonchev–Trinajstić information content (AvgIpc) is 2.98. The van der Waals surface area contributed by atoms with E-state index in [1.54, 1.807) is 17.8 Å². The molecular formula is C11H14BrN3O2S2. The topological polar surface area (TPSA) is 55.2 Å². The summed E-state index contributed by atoms with van der Waals surface area (Å²) < 4.78 is 28.6. The van der Waals surface area contributed by atoms with Crippen LogP contribution in [-0.2, 0) is 23.1 Å². The van der Waals surface area contributed by atoms with Crippen molar-refractivity contribution in [1.29, 1.82) is 0 Å². The van der Waals surface area contributed by atoms with Gasteiger partial charge in [0.1, 0.15) is 0 Å². The molecule has 5 nitrogen and oxygen atoms in total. The molecule has 8 heteroatoms. The van der Waals surface area contributed by atoms with Gasteiger partial charge < -0.3 is 4.57 Å².